The summed E-state index contributed by atoms with van der Waals surface area (Å²) in [5, 5.41) is 10.3. The van der Waals surface area contributed by atoms with Crippen molar-refractivity contribution in [2.45, 2.75) is 17.0 Å². The summed E-state index contributed by atoms with van der Waals surface area (Å²) in [6, 6.07) is 15.8. The zero-order valence-corrected chi connectivity index (χ0v) is 19.4. The average molecular weight is 476 g/mol. The number of aromatic amines is 1. The van der Waals surface area contributed by atoms with E-state index in [4.69, 9.17) is 4.74 Å². The predicted molar refractivity (Wildman–Crippen MR) is 123 cm³/mol. The number of sulfonamides is 1. The Balaban J connectivity index is 1.44. The van der Waals surface area contributed by atoms with Gasteiger partial charge in [0, 0.05) is 24.9 Å². The smallest absolute Gasteiger partial charge is 0.243 e. The van der Waals surface area contributed by atoms with Crippen LogP contribution in [0.3, 0.4) is 0 Å². The van der Waals surface area contributed by atoms with Crippen LogP contribution in [0.1, 0.15) is 6.92 Å². The number of hydrogen-bond donors (Lipinski definition) is 2. The average Bonchev–Trinajstić information content (AvgIpc) is 3.27. The van der Waals surface area contributed by atoms with Gasteiger partial charge in [-0.2, -0.15) is 4.31 Å². The van der Waals surface area contributed by atoms with Crippen molar-refractivity contribution in [3.05, 3.63) is 54.6 Å². The van der Waals surface area contributed by atoms with Crippen LogP contribution in [0.2, 0.25) is 0 Å². The Morgan fingerprint density at radius 2 is 1.88 bits per heavy atom. The van der Waals surface area contributed by atoms with Crippen LogP contribution >= 0.6 is 11.8 Å². The highest BCUT2D eigenvalue weighted by atomic mass is 32.2. The number of H-pyrrole nitrogens is 1. The lowest BCUT2D eigenvalue weighted by Gasteiger charge is -2.17. The number of rotatable bonds is 11. The number of ether oxygens (including phenoxy) is 1. The van der Waals surface area contributed by atoms with Crippen LogP contribution in [0.5, 0.6) is 5.75 Å². The highest BCUT2D eigenvalue weighted by molar-refractivity contribution is 7.99. The van der Waals surface area contributed by atoms with Crippen molar-refractivity contribution in [1.29, 1.82) is 0 Å². The molecule has 0 fully saturated rings. The number of nitrogens with zero attached hydrogens (tertiary/aromatic N) is 3. The minimum absolute atomic E-state index is 0.102. The summed E-state index contributed by atoms with van der Waals surface area (Å²) in [4.78, 5) is 16.7. The third kappa shape index (κ3) is 6.31. The predicted octanol–water partition coefficient (Wildman–Crippen LogP) is 2.40. The topological polar surface area (TPSA) is 117 Å². The molecule has 3 aromatic rings. The van der Waals surface area contributed by atoms with E-state index in [0.717, 1.165) is 9.87 Å². The maximum atomic E-state index is 12.7. The van der Waals surface area contributed by atoms with Gasteiger partial charge < -0.3 is 10.1 Å². The third-order valence-electron chi connectivity index (χ3n) is 4.38. The van der Waals surface area contributed by atoms with Crippen LogP contribution in [0.25, 0.3) is 11.4 Å². The Hall–Kier alpha value is -2.89. The molecule has 32 heavy (non-hydrogen) atoms. The Labute approximate surface area is 191 Å². The molecule has 0 atom stereocenters. The summed E-state index contributed by atoms with van der Waals surface area (Å²) in [5.74, 6) is 1.43. The van der Waals surface area contributed by atoms with E-state index in [2.05, 4.69) is 20.5 Å². The Morgan fingerprint density at radius 1 is 1.16 bits per heavy atom. The molecule has 0 spiro atoms. The van der Waals surface area contributed by atoms with Crippen molar-refractivity contribution in [3.63, 3.8) is 0 Å². The minimum atomic E-state index is -3.78. The van der Waals surface area contributed by atoms with E-state index in [0.29, 0.717) is 35.6 Å². The molecule has 2 aromatic carbocycles. The van der Waals surface area contributed by atoms with Crippen LogP contribution in [0.4, 0.5) is 0 Å². The van der Waals surface area contributed by atoms with E-state index in [1.807, 2.05) is 37.3 Å². The molecule has 1 heterocycles. The van der Waals surface area contributed by atoms with Gasteiger partial charge in [0.2, 0.25) is 21.1 Å². The minimum Gasteiger partial charge on any atom is -0.494 e. The van der Waals surface area contributed by atoms with Crippen molar-refractivity contribution >= 4 is 27.7 Å². The fraction of sp³-hybridized carbons (Fsp3) is 0.286. The fourth-order valence-electron chi connectivity index (χ4n) is 2.77. The molecule has 170 valence electrons. The SMILES string of the molecule is CCOc1ccc(S(=O)(=O)N(C)CC(=O)NCCSc2n[nH]c(-c3ccccc3)n2)cc1. The molecule has 0 radical (unpaired) electrons. The molecule has 0 bridgehead atoms. The molecule has 0 saturated carbocycles. The zero-order valence-electron chi connectivity index (χ0n) is 17.8. The van der Waals surface area contributed by atoms with Crippen LogP contribution in [0.15, 0.2) is 64.6 Å². The van der Waals surface area contributed by atoms with Gasteiger partial charge in [0.25, 0.3) is 0 Å². The molecule has 0 unspecified atom stereocenters. The second kappa shape index (κ2) is 11.1. The quantitative estimate of drug-likeness (QED) is 0.323. The standard InChI is InChI=1S/C21H25N5O4S2/c1-3-30-17-9-11-18(12-10-17)32(28,29)26(2)15-19(27)22-13-14-31-21-23-20(24-25-21)16-7-5-4-6-8-16/h4-12H,3,13-15H2,1-2H3,(H,22,27)(H,23,24,25). The van der Waals surface area contributed by atoms with Gasteiger partial charge in [-0.3, -0.25) is 9.89 Å². The third-order valence-corrected chi connectivity index (χ3v) is 7.04. The van der Waals surface area contributed by atoms with Crippen molar-refractivity contribution in [2.24, 2.45) is 0 Å². The molecule has 3 rings (SSSR count). The second-order valence-electron chi connectivity index (χ2n) is 6.70. The Bertz CT molecular complexity index is 1120. The van der Waals surface area contributed by atoms with Gasteiger partial charge in [-0.15, -0.1) is 5.10 Å². The van der Waals surface area contributed by atoms with Crippen LogP contribution < -0.4 is 10.1 Å². The van der Waals surface area contributed by atoms with Crippen molar-refractivity contribution in [3.8, 4) is 17.1 Å². The number of likely N-dealkylation sites (N-methyl/N-ethyl adjacent to an activating group) is 1. The Kier molecular flexibility index (Phi) is 8.26. The number of amides is 1. The fourth-order valence-corrected chi connectivity index (χ4v) is 4.55. The molecule has 1 aromatic heterocycles. The summed E-state index contributed by atoms with van der Waals surface area (Å²) in [6.07, 6.45) is 0. The molecular formula is C21H25N5O4S2. The van der Waals surface area contributed by atoms with E-state index in [9.17, 15) is 13.2 Å². The number of hydrogen-bond acceptors (Lipinski definition) is 7. The number of aromatic nitrogens is 3. The van der Waals surface area contributed by atoms with E-state index < -0.39 is 10.0 Å². The molecule has 0 aliphatic rings. The maximum Gasteiger partial charge on any atom is 0.243 e. The van der Waals surface area contributed by atoms with Gasteiger partial charge in [0.1, 0.15) is 5.75 Å². The zero-order chi connectivity index (χ0) is 23.0. The first-order valence-corrected chi connectivity index (χ1v) is 12.4. The van der Waals surface area contributed by atoms with Crippen molar-refractivity contribution in [1.82, 2.24) is 24.8 Å². The second-order valence-corrected chi connectivity index (χ2v) is 9.80. The maximum absolute atomic E-state index is 12.7. The van der Waals surface area contributed by atoms with Gasteiger partial charge in [-0.25, -0.2) is 13.4 Å². The summed E-state index contributed by atoms with van der Waals surface area (Å²) >= 11 is 1.39. The van der Waals surface area contributed by atoms with Crippen LogP contribution in [0, 0.1) is 0 Å². The van der Waals surface area contributed by atoms with E-state index in [-0.39, 0.29) is 17.3 Å². The number of nitrogens with one attached hydrogen (secondary N) is 2. The lowest BCUT2D eigenvalue weighted by molar-refractivity contribution is -0.121. The molecule has 11 heteroatoms. The summed E-state index contributed by atoms with van der Waals surface area (Å²) in [7, 11) is -2.40. The molecule has 2 N–H and O–H groups in total. The van der Waals surface area contributed by atoms with Crippen LogP contribution in [-0.4, -0.2) is 66.3 Å². The van der Waals surface area contributed by atoms with Gasteiger partial charge in [-0.1, -0.05) is 42.1 Å². The molecule has 9 nitrogen and oxygen atoms in total. The summed E-state index contributed by atoms with van der Waals surface area (Å²) < 4.78 is 31.6. The highest BCUT2D eigenvalue weighted by Crippen LogP contribution is 2.19. The lowest BCUT2D eigenvalue weighted by Crippen LogP contribution is -2.39. The molecule has 0 saturated heterocycles. The van der Waals surface area contributed by atoms with Gasteiger partial charge in [0.15, 0.2) is 5.82 Å². The molecular weight excluding hydrogens is 450 g/mol. The normalized spacial score (nSPS) is 11.5. The van der Waals surface area contributed by atoms with E-state index >= 15 is 0 Å². The number of carbonyl (C=O) groups excluding carboxylic acids is 1. The highest BCUT2D eigenvalue weighted by Gasteiger charge is 2.22. The van der Waals surface area contributed by atoms with E-state index in [1.54, 1.807) is 12.1 Å². The molecule has 0 aliphatic carbocycles. The number of benzene rings is 2. The Morgan fingerprint density at radius 3 is 2.56 bits per heavy atom. The van der Waals surface area contributed by atoms with Gasteiger partial charge >= 0.3 is 0 Å². The summed E-state index contributed by atoms with van der Waals surface area (Å²) in [6.45, 7) is 2.42. The van der Waals surface area contributed by atoms with Crippen LogP contribution in [-0.2, 0) is 14.8 Å². The largest absolute Gasteiger partial charge is 0.494 e. The number of carbonyl (C=O) groups is 1. The first-order chi connectivity index (χ1) is 15.4. The van der Waals surface area contributed by atoms with E-state index in [1.165, 1.54) is 30.9 Å². The summed E-state index contributed by atoms with van der Waals surface area (Å²) in [5.41, 5.74) is 0.942. The van der Waals surface area contributed by atoms with Crippen molar-refractivity contribution < 1.29 is 17.9 Å². The lowest BCUT2D eigenvalue weighted by atomic mass is 10.2. The monoisotopic (exact) mass is 475 g/mol. The molecule has 1 amide bonds. The van der Waals surface area contributed by atoms with Gasteiger partial charge in [-0.05, 0) is 31.2 Å². The first-order valence-electron chi connectivity index (χ1n) is 9.96. The van der Waals surface area contributed by atoms with Crippen molar-refractivity contribution in [2.75, 3.05) is 32.5 Å². The number of thioether (sulfide) groups is 1. The first kappa shape index (κ1) is 23.8. The molecule has 0 aliphatic heterocycles. The van der Waals surface area contributed by atoms with Gasteiger partial charge in [0.05, 0.1) is 18.0 Å².